The van der Waals surface area contributed by atoms with E-state index in [1.165, 1.54) is 19.4 Å². The highest BCUT2D eigenvalue weighted by atomic mass is 35.5. The third-order valence-corrected chi connectivity index (χ3v) is 3.30. The van der Waals surface area contributed by atoms with Crippen molar-refractivity contribution in [1.29, 1.82) is 0 Å². The summed E-state index contributed by atoms with van der Waals surface area (Å²) in [5.41, 5.74) is 0.159. The lowest BCUT2D eigenvalue weighted by Crippen LogP contribution is -2.31. The summed E-state index contributed by atoms with van der Waals surface area (Å²) in [6.45, 7) is 1.35. The number of rotatable bonds is 6. The van der Waals surface area contributed by atoms with Crippen LogP contribution in [-0.4, -0.2) is 25.6 Å². The molecule has 1 aromatic heterocycles. The van der Waals surface area contributed by atoms with E-state index >= 15 is 0 Å². The number of nitrogens with one attached hydrogen (secondary N) is 1. The molecule has 23 heavy (non-hydrogen) atoms. The lowest BCUT2D eigenvalue weighted by Gasteiger charge is -2.12. The van der Waals surface area contributed by atoms with Gasteiger partial charge in [0.2, 0.25) is 0 Å². The van der Waals surface area contributed by atoms with E-state index in [1.54, 1.807) is 31.2 Å². The average molecular weight is 338 g/mol. The van der Waals surface area contributed by atoms with Crippen molar-refractivity contribution in [3.05, 3.63) is 52.9 Å². The molecule has 1 heterocycles. The van der Waals surface area contributed by atoms with E-state index in [4.69, 9.17) is 25.5 Å². The van der Waals surface area contributed by atoms with Crippen LogP contribution in [0.3, 0.4) is 0 Å². The second-order valence-corrected chi connectivity index (χ2v) is 5.16. The number of furan rings is 1. The Kier molecular flexibility index (Phi) is 5.65. The van der Waals surface area contributed by atoms with Gasteiger partial charge in [0.1, 0.15) is 17.1 Å². The van der Waals surface area contributed by atoms with E-state index in [9.17, 15) is 9.59 Å². The average Bonchev–Trinajstić information content (AvgIpc) is 3.07. The van der Waals surface area contributed by atoms with Crippen molar-refractivity contribution < 1.29 is 23.5 Å². The molecule has 1 amide bonds. The number of methoxy groups -OCH3 is 1. The van der Waals surface area contributed by atoms with Gasteiger partial charge in [0.25, 0.3) is 5.91 Å². The highest BCUT2D eigenvalue weighted by Crippen LogP contribution is 2.23. The van der Waals surface area contributed by atoms with Gasteiger partial charge in [0, 0.05) is 5.02 Å². The summed E-state index contributed by atoms with van der Waals surface area (Å²) in [6, 6.07) is 7.72. The molecule has 0 spiro atoms. The van der Waals surface area contributed by atoms with E-state index < -0.39 is 18.5 Å². The Morgan fingerprint density at radius 1 is 1.35 bits per heavy atom. The van der Waals surface area contributed by atoms with Crippen LogP contribution >= 0.6 is 11.6 Å². The standard InChI is InChI=1S/C16H16ClNO5/c1-10(13-4-3-7-22-13)18-15(19)9-23-16(20)12-8-11(17)5-6-14(12)21-2/h3-8,10H,9H2,1-2H3,(H,18,19)/t10-/m0/s1. The summed E-state index contributed by atoms with van der Waals surface area (Å²) in [5.74, 6) is -0.196. The van der Waals surface area contributed by atoms with Crippen molar-refractivity contribution in [3.8, 4) is 5.75 Å². The minimum absolute atomic E-state index is 0.159. The van der Waals surface area contributed by atoms with Crippen LogP contribution in [0.1, 0.15) is 29.1 Å². The predicted octanol–water partition coefficient (Wildman–Crippen LogP) is 2.98. The normalized spacial score (nSPS) is 11.6. The van der Waals surface area contributed by atoms with Gasteiger partial charge in [-0.25, -0.2) is 4.79 Å². The van der Waals surface area contributed by atoms with Gasteiger partial charge in [-0.15, -0.1) is 0 Å². The Morgan fingerprint density at radius 3 is 2.78 bits per heavy atom. The summed E-state index contributed by atoms with van der Waals surface area (Å²) >= 11 is 5.85. The first kappa shape index (κ1) is 16.9. The van der Waals surface area contributed by atoms with Gasteiger partial charge < -0.3 is 19.2 Å². The Labute approximate surface area is 138 Å². The number of hydrogen-bond donors (Lipinski definition) is 1. The van der Waals surface area contributed by atoms with Crippen molar-refractivity contribution in [2.45, 2.75) is 13.0 Å². The van der Waals surface area contributed by atoms with E-state index in [0.29, 0.717) is 16.5 Å². The minimum Gasteiger partial charge on any atom is -0.496 e. The quantitative estimate of drug-likeness (QED) is 0.820. The van der Waals surface area contributed by atoms with Crippen molar-refractivity contribution in [2.75, 3.05) is 13.7 Å². The largest absolute Gasteiger partial charge is 0.496 e. The number of carbonyl (C=O) groups is 2. The zero-order valence-electron chi connectivity index (χ0n) is 12.7. The maximum atomic E-state index is 12.0. The van der Waals surface area contributed by atoms with Crippen LogP contribution in [0.15, 0.2) is 41.0 Å². The summed E-state index contributed by atoms with van der Waals surface area (Å²) in [7, 11) is 1.43. The summed E-state index contributed by atoms with van der Waals surface area (Å²) < 4.78 is 15.2. The van der Waals surface area contributed by atoms with E-state index in [2.05, 4.69) is 5.32 Å². The molecule has 1 N–H and O–H groups in total. The minimum atomic E-state index is -0.690. The third kappa shape index (κ3) is 4.50. The molecule has 0 aliphatic carbocycles. The van der Waals surface area contributed by atoms with Crippen molar-refractivity contribution in [3.63, 3.8) is 0 Å². The molecule has 0 unspecified atom stereocenters. The van der Waals surface area contributed by atoms with Crippen LogP contribution in [0.4, 0.5) is 0 Å². The van der Waals surface area contributed by atoms with Crippen molar-refractivity contribution in [2.24, 2.45) is 0 Å². The van der Waals surface area contributed by atoms with Gasteiger partial charge in [-0.05, 0) is 37.3 Å². The molecule has 2 rings (SSSR count). The highest BCUT2D eigenvalue weighted by molar-refractivity contribution is 6.31. The molecule has 1 aromatic carbocycles. The van der Waals surface area contributed by atoms with Gasteiger partial charge >= 0.3 is 5.97 Å². The van der Waals surface area contributed by atoms with Gasteiger partial charge in [0.15, 0.2) is 6.61 Å². The zero-order valence-corrected chi connectivity index (χ0v) is 13.4. The molecule has 0 radical (unpaired) electrons. The molecule has 7 heteroatoms. The fraction of sp³-hybridized carbons (Fsp3) is 0.250. The molecule has 0 saturated heterocycles. The van der Waals surface area contributed by atoms with Crippen LogP contribution < -0.4 is 10.1 Å². The maximum absolute atomic E-state index is 12.0. The number of benzene rings is 1. The summed E-state index contributed by atoms with van der Waals surface area (Å²) in [6.07, 6.45) is 1.52. The second-order valence-electron chi connectivity index (χ2n) is 4.73. The van der Waals surface area contributed by atoms with Gasteiger partial charge in [0.05, 0.1) is 19.4 Å². The summed E-state index contributed by atoms with van der Waals surface area (Å²) in [5, 5.41) is 3.03. The lowest BCUT2D eigenvalue weighted by atomic mass is 10.2. The number of esters is 1. The fourth-order valence-corrected chi connectivity index (χ4v) is 2.11. The number of ether oxygens (including phenoxy) is 2. The third-order valence-electron chi connectivity index (χ3n) is 3.06. The molecule has 2 aromatic rings. The maximum Gasteiger partial charge on any atom is 0.342 e. The molecule has 0 bridgehead atoms. The molecular formula is C16H16ClNO5. The highest BCUT2D eigenvalue weighted by Gasteiger charge is 2.17. The first-order valence-corrected chi connectivity index (χ1v) is 7.22. The lowest BCUT2D eigenvalue weighted by molar-refractivity contribution is -0.125. The Bertz CT molecular complexity index is 684. The van der Waals surface area contributed by atoms with E-state index in [1.807, 2.05) is 0 Å². The topological polar surface area (TPSA) is 77.8 Å². The van der Waals surface area contributed by atoms with Gasteiger partial charge in [-0.1, -0.05) is 11.6 Å². The Hall–Kier alpha value is -2.47. The molecule has 0 aliphatic heterocycles. The Morgan fingerprint density at radius 2 is 2.13 bits per heavy atom. The van der Waals surface area contributed by atoms with Crippen LogP contribution in [0, 0.1) is 0 Å². The fourth-order valence-electron chi connectivity index (χ4n) is 1.94. The summed E-state index contributed by atoms with van der Waals surface area (Å²) in [4.78, 5) is 23.9. The number of amides is 1. The molecule has 0 saturated carbocycles. The van der Waals surface area contributed by atoms with Crippen LogP contribution in [-0.2, 0) is 9.53 Å². The SMILES string of the molecule is COc1ccc(Cl)cc1C(=O)OCC(=O)N[C@@H](C)c1ccco1. The van der Waals surface area contributed by atoms with E-state index in [0.717, 1.165) is 0 Å². The van der Waals surface area contributed by atoms with Crippen molar-refractivity contribution in [1.82, 2.24) is 5.32 Å². The van der Waals surface area contributed by atoms with Gasteiger partial charge in [-0.3, -0.25) is 4.79 Å². The first-order chi connectivity index (χ1) is 11.0. The first-order valence-electron chi connectivity index (χ1n) is 6.84. The molecular weight excluding hydrogens is 322 g/mol. The molecule has 0 fully saturated rings. The Balaban J connectivity index is 1.91. The zero-order chi connectivity index (χ0) is 16.8. The van der Waals surface area contributed by atoms with Crippen LogP contribution in [0.25, 0.3) is 0 Å². The molecule has 0 aliphatic rings. The van der Waals surface area contributed by atoms with Crippen molar-refractivity contribution >= 4 is 23.5 Å². The van der Waals surface area contributed by atoms with Crippen LogP contribution in [0.2, 0.25) is 5.02 Å². The molecule has 6 nitrogen and oxygen atoms in total. The smallest absolute Gasteiger partial charge is 0.342 e. The van der Waals surface area contributed by atoms with Crippen LogP contribution in [0.5, 0.6) is 5.75 Å². The van der Waals surface area contributed by atoms with E-state index in [-0.39, 0.29) is 11.6 Å². The predicted molar refractivity (Wildman–Crippen MR) is 83.6 cm³/mol. The molecule has 122 valence electrons. The molecule has 1 atom stereocenters. The number of hydrogen-bond acceptors (Lipinski definition) is 5. The number of carbonyl (C=O) groups excluding carboxylic acids is 2. The van der Waals surface area contributed by atoms with Gasteiger partial charge in [-0.2, -0.15) is 0 Å². The monoisotopic (exact) mass is 337 g/mol. The second kappa shape index (κ2) is 7.69. The number of halogens is 1.